The largest absolute Gasteiger partial charge is 0.497 e. The number of carbonyl (C=O) groups excluding carboxylic acids is 2. The topological polar surface area (TPSA) is 92.7 Å². The van der Waals surface area contributed by atoms with Gasteiger partial charge in [0.2, 0.25) is 5.91 Å². The van der Waals surface area contributed by atoms with Gasteiger partial charge in [-0.3, -0.25) is 9.59 Å². The Morgan fingerprint density at radius 3 is 2.42 bits per heavy atom. The van der Waals surface area contributed by atoms with Crippen molar-refractivity contribution >= 4 is 39.5 Å². The third-order valence-corrected chi connectivity index (χ3v) is 5.13. The summed E-state index contributed by atoms with van der Waals surface area (Å²) in [4.78, 5) is 34.6. The second-order valence-corrected chi connectivity index (χ2v) is 6.94. The molecule has 0 heterocycles. The summed E-state index contributed by atoms with van der Waals surface area (Å²) in [6, 6.07) is 10.4. The van der Waals surface area contributed by atoms with E-state index >= 15 is 0 Å². The molecule has 0 spiro atoms. The molecule has 138 valence electrons. The first-order chi connectivity index (χ1) is 12.3. The summed E-state index contributed by atoms with van der Waals surface area (Å²) >= 11 is 0.915. The van der Waals surface area contributed by atoms with Crippen LogP contribution in [0.25, 0.3) is 10.8 Å². The van der Waals surface area contributed by atoms with E-state index in [1.807, 2.05) is 36.4 Å². The van der Waals surface area contributed by atoms with Crippen molar-refractivity contribution in [2.24, 2.45) is 0 Å². The monoisotopic (exact) mass is 375 g/mol. The van der Waals surface area contributed by atoms with Crippen molar-refractivity contribution in [3.8, 4) is 5.75 Å². The highest BCUT2D eigenvalue weighted by molar-refractivity contribution is 8.13. The lowest BCUT2D eigenvalue weighted by Crippen LogP contribution is -2.41. The van der Waals surface area contributed by atoms with Crippen LogP contribution in [0, 0.1) is 0 Å². The number of methoxy groups -OCH3 is 1. The van der Waals surface area contributed by atoms with Crippen LogP contribution in [0.15, 0.2) is 36.4 Å². The standard InChI is InChI=1S/C19H21NO5S/c1-11(19(24)26-10-17(18(22)23)20-12(2)21)13-4-5-15-9-16(25-3)7-6-14(15)8-13/h4-9,11,17H,10H2,1-3H3,(H,20,21)(H,22,23)/t11-,17-/m1/s1. The number of nitrogens with one attached hydrogen (secondary N) is 1. The SMILES string of the molecule is COc1ccc2cc([C@@H](C)C(=O)SC[C@@H](NC(C)=O)C(=O)O)ccc2c1. The van der Waals surface area contributed by atoms with Gasteiger partial charge in [0.25, 0.3) is 0 Å². The van der Waals surface area contributed by atoms with Gasteiger partial charge in [-0.15, -0.1) is 0 Å². The van der Waals surface area contributed by atoms with Crippen LogP contribution in [0.3, 0.4) is 0 Å². The first-order valence-electron chi connectivity index (χ1n) is 8.06. The van der Waals surface area contributed by atoms with Crippen molar-refractivity contribution in [1.82, 2.24) is 5.32 Å². The molecule has 0 saturated carbocycles. The van der Waals surface area contributed by atoms with Crippen LogP contribution >= 0.6 is 11.8 Å². The molecule has 0 aliphatic heterocycles. The van der Waals surface area contributed by atoms with Crippen LogP contribution in [0.5, 0.6) is 5.75 Å². The van der Waals surface area contributed by atoms with Gasteiger partial charge in [0.15, 0.2) is 5.12 Å². The van der Waals surface area contributed by atoms with Gasteiger partial charge in [0.1, 0.15) is 11.8 Å². The number of fused-ring (bicyclic) bond motifs is 1. The maximum Gasteiger partial charge on any atom is 0.327 e. The van der Waals surface area contributed by atoms with Gasteiger partial charge in [0.05, 0.1) is 13.0 Å². The normalized spacial score (nSPS) is 13.0. The van der Waals surface area contributed by atoms with E-state index in [9.17, 15) is 14.4 Å². The molecule has 0 aliphatic carbocycles. The van der Waals surface area contributed by atoms with E-state index in [0.29, 0.717) is 0 Å². The predicted octanol–water partition coefficient (Wildman–Crippen LogP) is 2.80. The van der Waals surface area contributed by atoms with Crippen molar-refractivity contribution in [2.45, 2.75) is 25.8 Å². The van der Waals surface area contributed by atoms with Crippen LogP contribution < -0.4 is 10.1 Å². The van der Waals surface area contributed by atoms with Crippen LogP contribution in [0.4, 0.5) is 0 Å². The Labute approximate surface area is 155 Å². The Morgan fingerprint density at radius 2 is 1.81 bits per heavy atom. The smallest absolute Gasteiger partial charge is 0.327 e. The summed E-state index contributed by atoms with van der Waals surface area (Å²) in [6.07, 6.45) is 0. The number of thioether (sulfide) groups is 1. The Bertz CT molecular complexity index is 836. The van der Waals surface area contributed by atoms with Crippen molar-refractivity contribution < 1.29 is 24.2 Å². The summed E-state index contributed by atoms with van der Waals surface area (Å²) in [6.45, 7) is 3.03. The van der Waals surface area contributed by atoms with Gasteiger partial charge >= 0.3 is 5.97 Å². The van der Waals surface area contributed by atoms with Gasteiger partial charge in [-0.2, -0.15) is 0 Å². The fraction of sp³-hybridized carbons (Fsp3) is 0.316. The number of hydrogen-bond donors (Lipinski definition) is 2. The van der Waals surface area contributed by atoms with Crippen molar-refractivity contribution in [3.05, 3.63) is 42.0 Å². The van der Waals surface area contributed by atoms with E-state index in [2.05, 4.69) is 5.32 Å². The van der Waals surface area contributed by atoms with Gasteiger partial charge in [0, 0.05) is 12.7 Å². The number of benzene rings is 2. The van der Waals surface area contributed by atoms with Gasteiger partial charge in [-0.1, -0.05) is 43.0 Å². The highest BCUT2D eigenvalue weighted by Gasteiger charge is 2.23. The molecule has 2 rings (SSSR count). The minimum atomic E-state index is -1.16. The predicted molar refractivity (Wildman–Crippen MR) is 102 cm³/mol. The fourth-order valence-corrected chi connectivity index (χ4v) is 3.43. The molecule has 0 saturated heterocycles. The molecule has 0 bridgehead atoms. The third kappa shape index (κ3) is 4.98. The quantitative estimate of drug-likeness (QED) is 0.773. The van der Waals surface area contributed by atoms with E-state index in [-0.39, 0.29) is 10.9 Å². The Kier molecular flexibility index (Phi) is 6.63. The number of ether oxygens (including phenoxy) is 1. The minimum absolute atomic E-state index is 0.0110. The molecule has 2 aromatic carbocycles. The first-order valence-corrected chi connectivity index (χ1v) is 9.04. The highest BCUT2D eigenvalue weighted by atomic mass is 32.2. The fourth-order valence-electron chi connectivity index (χ4n) is 2.49. The van der Waals surface area contributed by atoms with E-state index < -0.39 is 23.8 Å². The van der Waals surface area contributed by atoms with Gasteiger partial charge in [-0.05, 0) is 28.5 Å². The summed E-state index contributed by atoms with van der Waals surface area (Å²) < 4.78 is 5.20. The molecule has 0 radical (unpaired) electrons. The van der Waals surface area contributed by atoms with Crippen LogP contribution in [-0.2, 0) is 14.4 Å². The van der Waals surface area contributed by atoms with E-state index in [4.69, 9.17) is 9.84 Å². The molecule has 26 heavy (non-hydrogen) atoms. The maximum absolute atomic E-state index is 12.4. The highest BCUT2D eigenvalue weighted by Crippen LogP contribution is 2.28. The number of aliphatic carboxylic acids is 1. The molecule has 0 unspecified atom stereocenters. The molecule has 0 aliphatic rings. The average molecular weight is 375 g/mol. The molecule has 1 amide bonds. The number of carbonyl (C=O) groups is 3. The first kappa shape index (κ1) is 19.8. The Morgan fingerprint density at radius 1 is 1.15 bits per heavy atom. The molecular weight excluding hydrogens is 354 g/mol. The Hall–Kier alpha value is -2.54. The van der Waals surface area contributed by atoms with E-state index in [1.54, 1.807) is 14.0 Å². The lowest BCUT2D eigenvalue weighted by Gasteiger charge is -2.15. The van der Waals surface area contributed by atoms with E-state index in [0.717, 1.165) is 33.8 Å². The van der Waals surface area contributed by atoms with Crippen molar-refractivity contribution in [3.63, 3.8) is 0 Å². The number of carboxylic acid groups (broad SMARTS) is 1. The molecular formula is C19H21NO5S. The second kappa shape index (κ2) is 8.71. The number of rotatable bonds is 7. The van der Waals surface area contributed by atoms with Crippen molar-refractivity contribution in [2.75, 3.05) is 12.9 Å². The second-order valence-electron chi connectivity index (χ2n) is 5.92. The Balaban J connectivity index is 2.08. The summed E-state index contributed by atoms with van der Waals surface area (Å²) in [5.74, 6) is -1.24. The summed E-state index contributed by atoms with van der Waals surface area (Å²) in [5.41, 5.74) is 0.853. The van der Waals surface area contributed by atoms with E-state index in [1.165, 1.54) is 6.92 Å². The van der Waals surface area contributed by atoms with Gasteiger partial charge < -0.3 is 15.2 Å². The molecule has 7 heteroatoms. The number of carboxylic acids is 1. The zero-order chi connectivity index (χ0) is 19.3. The average Bonchev–Trinajstić information content (AvgIpc) is 2.62. The van der Waals surface area contributed by atoms with Gasteiger partial charge in [-0.25, -0.2) is 4.79 Å². The number of hydrogen-bond acceptors (Lipinski definition) is 5. The summed E-state index contributed by atoms with van der Waals surface area (Å²) in [7, 11) is 1.61. The van der Waals surface area contributed by atoms with Crippen LogP contribution in [-0.4, -0.2) is 41.0 Å². The number of amides is 1. The zero-order valence-electron chi connectivity index (χ0n) is 14.8. The third-order valence-electron chi connectivity index (χ3n) is 3.99. The molecule has 0 fully saturated rings. The van der Waals surface area contributed by atoms with Crippen molar-refractivity contribution in [1.29, 1.82) is 0 Å². The zero-order valence-corrected chi connectivity index (χ0v) is 15.6. The molecule has 6 nitrogen and oxygen atoms in total. The van der Waals surface area contributed by atoms with Crippen LogP contribution in [0.2, 0.25) is 0 Å². The lowest BCUT2D eigenvalue weighted by atomic mass is 9.99. The molecule has 2 aromatic rings. The minimum Gasteiger partial charge on any atom is -0.497 e. The maximum atomic E-state index is 12.4. The van der Waals surface area contributed by atoms with Crippen LogP contribution in [0.1, 0.15) is 25.3 Å². The lowest BCUT2D eigenvalue weighted by molar-refractivity contribution is -0.140. The molecule has 2 atom stereocenters. The molecule has 0 aromatic heterocycles. The molecule has 2 N–H and O–H groups in total. The summed E-state index contributed by atoms with van der Waals surface area (Å²) in [5, 5.41) is 13.3.